The van der Waals surface area contributed by atoms with Crippen molar-refractivity contribution in [2.45, 2.75) is 27.7 Å². The SMILES string of the molecule is CC.CC.O=C(O)c1cc([N+](=O)[O-])cc([N+](=O)[O-])c1Cl. The van der Waals surface area contributed by atoms with Gasteiger partial charge in [0.15, 0.2) is 0 Å². The van der Waals surface area contributed by atoms with Crippen LogP contribution in [-0.2, 0) is 0 Å². The number of halogens is 1. The van der Waals surface area contributed by atoms with Gasteiger partial charge >= 0.3 is 5.97 Å². The van der Waals surface area contributed by atoms with Crippen LogP contribution in [0.5, 0.6) is 0 Å². The summed E-state index contributed by atoms with van der Waals surface area (Å²) in [7, 11) is 0. The first kappa shape index (κ1) is 20.1. The summed E-state index contributed by atoms with van der Waals surface area (Å²) in [5.74, 6) is -1.57. The van der Waals surface area contributed by atoms with Gasteiger partial charge in [0.25, 0.3) is 11.4 Å². The highest BCUT2D eigenvalue weighted by Crippen LogP contribution is 2.32. The number of benzene rings is 1. The van der Waals surface area contributed by atoms with E-state index in [1.54, 1.807) is 0 Å². The number of rotatable bonds is 3. The van der Waals surface area contributed by atoms with Crippen LogP contribution >= 0.6 is 11.6 Å². The fraction of sp³-hybridized carbons (Fsp3) is 0.364. The minimum Gasteiger partial charge on any atom is -0.478 e. The van der Waals surface area contributed by atoms with Gasteiger partial charge < -0.3 is 5.11 Å². The van der Waals surface area contributed by atoms with Crippen LogP contribution in [0.3, 0.4) is 0 Å². The molecule has 1 rings (SSSR count). The standard InChI is InChI=1S/C7H3ClN2O6.2C2H6/c8-6-4(7(11)12)1-3(9(13)14)2-5(6)10(15)16;2*1-2/h1-2H,(H,11,12);2*1-2H3. The van der Waals surface area contributed by atoms with E-state index in [1.807, 2.05) is 27.7 Å². The molecule has 0 aliphatic rings. The zero-order chi connectivity index (χ0) is 16.5. The first-order valence-electron chi connectivity index (χ1n) is 5.70. The summed E-state index contributed by atoms with van der Waals surface area (Å²) in [6, 6.07) is 1.27. The summed E-state index contributed by atoms with van der Waals surface area (Å²) in [5, 5.41) is 28.9. The van der Waals surface area contributed by atoms with Crippen molar-refractivity contribution in [1.82, 2.24) is 0 Å². The third kappa shape index (κ3) is 5.19. The van der Waals surface area contributed by atoms with E-state index in [0.717, 1.165) is 0 Å². The van der Waals surface area contributed by atoms with Crippen LogP contribution < -0.4 is 0 Å². The highest BCUT2D eigenvalue weighted by Gasteiger charge is 2.25. The van der Waals surface area contributed by atoms with Crippen molar-refractivity contribution in [3.8, 4) is 0 Å². The van der Waals surface area contributed by atoms with Crippen LogP contribution in [0.2, 0.25) is 5.02 Å². The second kappa shape index (κ2) is 9.68. The summed E-state index contributed by atoms with van der Waals surface area (Å²) < 4.78 is 0. The minimum absolute atomic E-state index is 0.606. The third-order valence-electron chi connectivity index (χ3n) is 1.68. The second-order valence-electron chi connectivity index (χ2n) is 2.65. The van der Waals surface area contributed by atoms with Gasteiger partial charge in [-0.2, -0.15) is 0 Å². The Labute approximate surface area is 120 Å². The summed E-state index contributed by atoms with van der Waals surface area (Å²) in [5.41, 5.74) is -2.19. The largest absolute Gasteiger partial charge is 0.478 e. The number of nitrogens with zero attached hydrogens (tertiary/aromatic N) is 2. The molecule has 0 amide bonds. The van der Waals surface area contributed by atoms with Gasteiger partial charge in [-0.25, -0.2) is 4.79 Å². The summed E-state index contributed by atoms with van der Waals surface area (Å²) in [6.45, 7) is 8.00. The molecule has 20 heavy (non-hydrogen) atoms. The molecule has 0 saturated heterocycles. The molecule has 0 unspecified atom stereocenters. The third-order valence-corrected chi connectivity index (χ3v) is 2.07. The molecule has 9 heteroatoms. The average molecular weight is 307 g/mol. The molecule has 0 aromatic heterocycles. The molecule has 112 valence electrons. The van der Waals surface area contributed by atoms with Crippen molar-refractivity contribution >= 4 is 28.9 Å². The van der Waals surface area contributed by atoms with E-state index in [9.17, 15) is 25.0 Å². The Morgan fingerprint density at radius 3 is 1.85 bits per heavy atom. The smallest absolute Gasteiger partial charge is 0.337 e. The molecule has 0 fully saturated rings. The number of aromatic carboxylic acids is 1. The highest BCUT2D eigenvalue weighted by molar-refractivity contribution is 6.35. The monoisotopic (exact) mass is 306 g/mol. The van der Waals surface area contributed by atoms with Crippen molar-refractivity contribution in [2.24, 2.45) is 0 Å². The Morgan fingerprint density at radius 2 is 1.55 bits per heavy atom. The number of carboxylic acid groups (broad SMARTS) is 1. The van der Waals surface area contributed by atoms with E-state index >= 15 is 0 Å². The van der Waals surface area contributed by atoms with Gasteiger partial charge in [0, 0.05) is 6.07 Å². The van der Waals surface area contributed by atoms with Crippen LogP contribution in [0.4, 0.5) is 11.4 Å². The van der Waals surface area contributed by atoms with Crippen LogP contribution in [0, 0.1) is 20.2 Å². The van der Waals surface area contributed by atoms with E-state index in [4.69, 9.17) is 16.7 Å². The Hall–Kier alpha value is -2.22. The molecule has 0 aliphatic carbocycles. The predicted octanol–water partition coefficient (Wildman–Crippen LogP) is 3.91. The van der Waals surface area contributed by atoms with Gasteiger partial charge in [0.1, 0.15) is 5.02 Å². The van der Waals surface area contributed by atoms with Crippen LogP contribution in [0.15, 0.2) is 12.1 Å². The number of hydrogen-bond acceptors (Lipinski definition) is 5. The Morgan fingerprint density at radius 1 is 1.10 bits per heavy atom. The van der Waals surface area contributed by atoms with Crippen LogP contribution in [0.25, 0.3) is 0 Å². The average Bonchev–Trinajstić information content (AvgIpc) is 2.42. The molecule has 0 atom stereocenters. The normalized spacial score (nSPS) is 8.45. The maximum Gasteiger partial charge on any atom is 0.337 e. The molecule has 1 aromatic carbocycles. The predicted molar refractivity (Wildman–Crippen MR) is 74.4 cm³/mol. The summed E-state index contributed by atoms with van der Waals surface area (Å²) in [6.07, 6.45) is 0. The second-order valence-corrected chi connectivity index (χ2v) is 3.02. The van der Waals surface area contributed by atoms with Gasteiger partial charge in [-0.15, -0.1) is 0 Å². The molecular weight excluding hydrogens is 292 g/mol. The number of hydrogen-bond donors (Lipinski definition) is 1. The van der Waals surface area contributed by atoms with Gasteiger partial charge in [-0.3, -0.25) is 20.2 Å². The van der Waals surface area contributed by atoms with Crippen molar-refractivity contribution in [3.63, 3.8) is 0 Å². The first-order valence-corrected chi connectivity index (χ1v) is 6.08. The minimum atomic E-state index is -1.57. The molecule has 0 aliphatic heterocycles. The Kier molecular flexibility index (Phi) is 9.73. The highest BCUT2D eigenvalue weighted by atomic mass is 35.5. The molecule has 8 nitrogen and oxygen atoms in total. The van der Waals surface area contributed by atoms with E-state index in [-0.39, 0.29) is 0 Å². The van der Waals surface area contributed by atoms with Gasteiger partial charge in [-0.05, 0) is 0 Å². The first-order chi connectivity index (χ1) is 9.34. The van der Waals surface area contributed by atoms with E-state index in [2.05, 4.69) is 0 Å². The lowest BCUT2D eigenvalue weighted by molar-refractivity contribution is -0.394. The fourth-order valence-corrected chi connectivity index (χ4v) is 1.25. The van der Waals surface area contributed by atoms with E-state index in [1.165, 1.54) is 0 Å². The van der Waals surface area contributed by atoms with Gasteiger partial charge in [0.2, 0.25) is 0 Å². The molecule has 1 N–H and O–H groups in total. The summed E-state index contributed by atoms with van der Waals surface area (Å²) in [4.78, 5) is 29.6. The number of nitro benzene ring substituents is 2. The Balaban J connectivity index is 0. The van der Waals surface area contributed by atoms with Crippen molar-refractivity contribution < 1.29 is 19.7 Å². The van der Waals surface area contributed by atoms with Crippen LogP contribution in [-0.4, -0.2) is 20.9 Å². The zero-order valence-corrected chi connectivity index (χ0v) is 12.2. The Bertz CT molecular complexity index is 469. The van der Waals surface area contributed by atoms with Crippen molar-refractivity contribution in [3.05, 3.63) is 42.9 Å². The zero-order valence-electron chi connectivity index (χ0n) is 11.4. The quantitative estimate of drug-likeness (QED) is 0.667. The lowest BCUT2D eigenvalue weighted by Gasteiger charge is -2.00. The number of carboxylic acids is 1. The summed E-state index contributed by atoms with van der Waals surface area (Å²) >= 11 is 5.43. The molecule has 0 radical (unpaired) electrons. The number of non-ortho nitro benzene ring substituents is 1. The van der Waals surface area contributed by atoms with Gasteiger partial charge in [-0.1, -0.05) is 39.3 Å². The molecule has 0 spiro atoms. The maximum absolute atomic E-state index is 10.6. The molecule has 1 aromatic rings. The fourth-order valence-electron chi connectivity index (χ4n) is 0.988. The number of nitro groups is 2. The van der Waals surface area contributed by atoms with Crippen LogP contribution in [0.1, 0.15) is 38.1 Å². The molecular formula is C11H15ClN2O6. The lowest BCUT2D eigenvalue weighted by Crippen LogP contribution is -2.02. The molecule has 0 bridgehead atoms. The number of carbonyl (C=O) groups is 1. The van der Waals surface area contributed by atoms with E-state index < -0.39 is 37.8 Å². The molecule has 0 heterocycles. The van der Waals surface area contributed by atoms with E-state index in [0.29, 0.717) is 12.1 Å². The lowest BCUT2D eigenvalue weighted by atomic mass is 10.1. The topological polar surface area (TPSA) is 124 Å². The maximum atomic E-state index is 10.6. The van der Waals surface area contributed by atoms with Crippen molar-refractivity contribution in [1.29, 1.82) is 0 Å². The van der Waals surface area contributed by atoms with Gasteiger partial charge in [0.05, 0.1) is 21.5 Å². The van der Waals surface area contributed by atoms with Crippen molar-refractivity contribution in [2.75, 3.05) is 0 Å². The molecule has 0 saturated carbocycles.